The van der Waals surface area contributed by atoms with Crippen LogP contribution in [0.3, 0.4) is 0 Å². The largest absolute Gasteiger partial charge is 0.464 e. The summed E-state index contributed by atoms with van der Waals surface area (Å²) in [6.07, 6.45) is -9.63. The Labute approximate surface area is 131 Å². The van der Waals surface area contributed by atoms with E-state index in [1.165, 1.54) is 6.92 Å². The summed E-state index contributed by atoms with van der Waals surface area (Å²) < 4.78 is 65.4. The summed E-state index contributed by atoms with van der Waals surface area (Å²) in [5.41, 5.74) is 0. The van der Waals surface area contributed by atoms with E-state index in [1.807, 2.05) is 0 Å². The maximum absolute atomic E-state index is 12.2. The highest BCUT2D eigenvalue weighted by atomic mass is 32.2. The zero-order chi connectivity index (χ0) is 18.0. The summed E-state index contributed by atoms with van der Waals surface area (Å²) in [6, 6.07) is 0. The van der Waals surface area contributed by atoms with E-state index in [1.54, 1.807) is 6.92 Å². The van der Waals surface area contributed by atoms with E-state index >= 15 is 0 Å². The molecule has 0 aromatic carbocycles. The maximum atomic E-state index is 12.2. The second-order valence-electron chi connectivity index (χ2n) is 5.50. The van der Waals surface area contributed by atoms with Gasteiger partial charge >= 0.3 is 12.3 Å². The smallest absolute Gasteiger partial charge is 0.421 e. The lowest BCUT2D eigenvalue weighted by molar-refractivity contribution is -0.130. The van der Waals surface area contributed by atoms with Gasteiger partial charge in [-0.25, -0.2) is 17.5 Å². The molecule has 11 heteroatoms. The molecule has 134 valence electrons. The lowest BCUT2D eigenvalue weighted by Gasteiger charge is -2.22. The fraction of sp³-hybridized carbons (Fsp3) is 0.833. The summed E-state index contributed by atoms with van der Waals surface area (Å²) in [4.78, 5) is 22.4. The van der Waals surface area contributed by atoms with E-state index in [-0.39, 0.29) is 22.4 Å². The molecule has 3 atom stereocenters. The van der Waals surface area contributed by atoms with Crippen molar-refractivity contribution in [1.29, 1.82) is 0 Å². The van der Waals surface area contributed by atoms with Gasteiger partial charge in [-0.3, -0.25) is 4.79 Å². The molecule has 1 fully saturated rings. The second-order valence-corrected chi connectivity index (χ2v) is 7.51. The number of carbonyl (C=O) groups is 2. The van der Waals surface area contributed by atoms with Crippen LogP contribution < -0.4 is 0 Å². The normalized spacial score (nSPS) is 25.3. The van der Waals surface area contributed by atoms with Gasteiger partial charge in [-0.1, -0.05) is 6.92 Å². The van der Waals surface area contributed by atoms with Crippen LogP contribution in [0.15, 0.2) is 0 Å². The number of halogens is 3. The predicted molar refractivity (Wildman–Crippen MR) is 72.3 cm³/mol. The highest BCUT2D eigenvalue weighted by Crippen LogP contribution is 2.28. The Kier molecular flexibility index (Phi) is 6.02. The van der Waals surface area contributed by atoms with Crippen molar-refractivity contribution >= 4 is 21.9 Å². The Bertz CT molecular complexity index is 562. The number of sulfonamides is 1. The lowest BCUT2D eigenvalue weighted by atomic mass is 9.99. The van der Waals surface area contributed by atoms with Gasteiger partial charge in [0, 0.05) is 0 Å². The molecule has 0 aromatic heterocycles. The lowest BCUT2D eigenvalue weighted by Crippen LogP contribution is -2.43. The number of hydrogen-bond acceptors (Lipinski definition) is 5. The molecular weight excluding hydrogens is 343 g/mol. The van der Waals surface area contributed by atoms with Crippen molar-refractivity contribution in [1.82, 2.24) is 4.31 Å². The third kappa shape index (κ3) is 5.65. The van der Waals surface area contributed by atoms with Crippen LogP contribution in [0.1, 0.15) is 26.7 Å². The van der Waals surface area contributed by atoms with E-state index < -0.39 is 53.2 Å². The number of hydrogen-bond donors (Lipinski definition) is 1. The number of amides is 1. The number of nitrogens with zero attached hydrogens (tertiary/aromatic N) is 1. The van der Waals surface area contributed by atoms with Crippen molar-refractivity contribution < 1.29 is 41.0 Å². The fourth-order valence-corrected chi connectivity index (χ4v) is 3.74. The Morgan fingerprint density at radius 3 is 2.30 bits per heavy atom. The van der Waals surface area contributed by atoms with Crippen LogP contribution in [-0.4, -0.2) is 60.4 Å². The van der Waals surface area contributed by atoms with Gasteiger partial charge in [0.05, 0.1) is 24.8 Å². The van der Waals surface area contributed by atoms with Crippen LogP contribution >= 0.6 is 0 Å². The number of carboxylic acid groups (broad SMARTS) is 1. The van der Waals surface area contributed by atoms with E-state index in [0.717, 1.165) is 0 Å². The molecule has 0 spiro atoms. The molecule has 0 aromatic rings. The van der Waals surface area contributed by atoms with Crippen molar-refractivity contribution in [2.24, 2.45) is 5.92 Å². The van der Waals surface area contributed by atoms with E-state index in [4.69, 9.17) is 9.84 Å². The Hall–Kier alpha value is -1.36. The summed E-state index contributed by atoms with van der Waals surface area (Å²) in [5, 5.41) is 8.98. The van der Waals surface area contributed by atoms with Gasteiger partial charge in [0.2, 0.25) is 10.0 Å². The quantitative estimate of drug-likeness (QED) is 0.772. The summed E-state index contributed by atoms with van der Waals surface area (Å²) in [7, 11) is -4.65. The van der Waals surface area contributed by atoms with Crippen molar-refractivity contribution in [3.63, 3.8) is 0 Å². The van der Waals surface area contributed by atoms with E-state index in [0.29, 0.717) is 0 Å². The number of ether oxygens (including phenoxy) is 1. The fourth-order valence-electron chi connectivity index (χ4n) is 2.40. The first-order valence-corrected chi connectivity index (χ1v) is 8.40. The molecule has 1 heterocycles. The van der Waals surface area contributed by atoms with Gasteiger partial charge in [-0.2, -0.15) is 13.2 Å². The highest BCUT2D eigenvalue weighted by Gasteiger charge is 2.40. The number of alkyl halides is 3. The minimum atomic E-state index is -4.71. The van der Waals surface area contributed by atoms with Crippen LogP contribution in [0.5, 0.6) is 0 Å². The topological polar surface area (TPSA) is 101 Å². The zero-order valence-corrected chi connectivity index (χ0v) is 13.4. The number of Topliss-reactive ketones (excluding diaryl/α,β-unsaturated/α-hetero) is 1. The molecule has 7 nitrogen and oxygen atoms in total. The molecule has 0 aliphatic carbocycles. The molecule has 1 N–H and O–H groups in total. The molecule has 1 amide bonds. The summed E-state index contributed by atoms with van der Waals surface area (Å²) >= 11 is 0. The molecule has 0 saturated carbocycles. The monoisotopic (exact) mass is 361 g/mol. The molecule has 1 unspecified atom stereocenters. The van der Waals surface area contributed by atoms with Crippen LogP contribution in [0, 0.1) is 5.92 Å². The standard InChI is InChI=1S/C12H18F3NO6S/c1-7-5-9(22-10(7)8(2)17)6-16(11(18)19)23(20,21)4-3-12(13,14)15/h7,9-10H,3-6H2,1-2H3,(H,18,19)/t7-,9?,10+/m0/s1. The molecular formula is C12H18F3NO6S. The molecule has 23 heavy (non-hydrogen) atoms. The van der Waals surface area contributed by atoms with Crippen molar-refractivity contribution in [3.05, 3.63) is 0 Å². The third-order valence-electron chi connectivity index (χ3n) is 3.45. The third-order valence-corrected chi connectivity index (χ3v) is 5.15. The SMILES string of the molecule is CC(=O)[C@@H]1OC(CN(C(=O)O)S(=O)(=O)CCC(F)(F)F)C[C@@H]1C. The van der Waals surface area contributed by atoms with Crippen molar-refractivity contribution in [2.75, 3.05) is 12.3 Å². The second kappa shape index (κ2) is 7.04. The van der Waals surface area contributed by atoms with Crippen LogP contribution in [0.2, 0.25) is 0 Å². The molecule has 0 radical (unpaired) electrons. The predicted octanol–water partition coefficient (Wildman–Crippen LogP) is 1.63. The van der Waals surface area contributed by atoms with Gasteiger partial charge in [0.15, 0.2) is 5.78 Å². The first-order chi connectivity index (χ1) is 10.3. The molecule has 0 bridgehead atoms. The Morgan fingerprint density at radius 1 is 1.35 bits per heavy atom. The number of carbonyl (C=O) groups excluding carboxylic acids is 1. The van der Waals surface area contributed by atoms with E-state index in [9.17, 15) is 31.2 Å². The van der Waals surface area contributed by atoms with Crippen molar-refractivity contribution in [2.45, 2.75) is 45.1 Å². The first kappa shape index (κ1) is 19.7. The minimum absolute atomic E-state index is 0.0430. The average Bonchev–Trinajstić information content (AvgIpc) is 2.74. The van der Waals surface area contributed by atoms with Crippen LogP contribution in [0.25, 0.3) is 0 Å². The summed E-state index contributed by atoms with van der Waals surface area (Å²) in [6.45, 7) is 2.34. The molecule has 1 rings (SSSR count). The van der Waals surface area contributed by atoms with Crippen molar-refractivity contribution in [3.8, 4) is 0 Å². The molecule has 1 aliphatic heterocycles. The maximum Gasteiger partial charge on any atom is 0.421 e. The molecule has 1 aliphatic rings. The van der Waals surface area contributed by atoms with Gasteiger partial charge in [-0.15, -0.1) is 0 Å². The first-order valence-electron chi connectivity index (χ1n) is 6.79. The Balaban J connectivity index is 2.80. The van der Waals surface area contributed by atoms with Gasteiger partial charge < -0.3 is 9.84 Å². The van der Waals surface area contributed by atoms with Gasteiger partial charge in [0.1, 0.15) is 6.10 Å². The number of ketones is 1. The number of rotatable bonds is 6. The zero-order valence-electron chi connectivity index (χ0n) is 12.5. The van der Waals surface area contributed by atoms with Gasteiger partial charge in [0.25, 0.3) is 0 Å². The van der Waals surface area contributed by atoms with Crippen LogP contribution in [-0.2, 0) is 19.6 Å². The molecule has 1 saturated heterocycles. The van der Waals surface area contributed by atoms with Crippen LogP contribution in [0.4, 0.5) is 18.0 Å². The minimum Gasteiger partial charge on any atom is -0.464 e. The average molecular weight is 361 g/mol. The highest BCUT2D eigenvalue weighted by molar-refractivity contribution is 7.89. The Morgan fingerprint density at radius 2 is 1.91 bits per heavy atom. The van der Waals surface area contributed by atoms with Gasteiger partial charge in [-0.05, 0) is 19.3 Å². The summed E-state index contributed by atoms with van der Waals surface area (Å²) in [5.74, 6) is -1.87. The van der Waals surface area contributed by atoms with E-state index in [2.05, 4.69) is 0 Å².